The molecule has 0 saturated carbocycles. The molecule has 0 heterocycles. The molecule has 0 aliphatic carbocycles. The number of rotatable bonds is 4. The first-order valence-corrected chi connectivity index (χ1v) is 5.96. The molecule has 0 amide bonds. The predicted octanol–water partition coefficient (Wildman–Crippen LogP) is 3.73. The highest BCUT2D eigenvalue weighted by molar-refractivity contribution is 5.22. The summed E-state index contributed by atoms with van der Waals surface area (Å²) in [5, 5.41) is 18.1. The van der Waals surface area contributed by atoms with Crippen molar-refractivity contribution >= 4 is 0 Å². The molecule has 2 heteroatoms. The topological polar surface area (TPSA) is 47.6 Å². The Hall–Kier alpha value is -1.80. The van der Waals surface area contributed by atoms with E-state index >= 15 is 0 Å². The van der Waals surface area contributed by atoms with Gasteiger partial charge in [-0.1, -0.05) is 51.1 Å². The Morgan fingerprint density at radius 2 is 1.47 bits per heavy atom. The van der Waals surface area contributed by atoms with E-state index < -0.39 is 5.92 Å². The van der Waals surface area contributed by atoms with Crippen LogP contribution in [0.1, 0.15) is 32.3 Å². The molecule has 0 spiro atoms. The molecule has 1 rings (SSSR count). The Bertz CT molecular complexity index is 408. The first-order valence-electron chi connectivity index (χ1n) is 5.96. The second-order valence-corrected chi connectivity index (χ2v) is 4.76. The summed E-state index contributed by atoms with van der Waals surface area (Å²) in [7, 11) is 0. The van der Waals surface area contributed by atoms with E-state index in [4.69, 9.17) is 10.5 Å². The van der Waals surface area contributed by atoms with Gasteiger partial charge in [-0.3, -0.25) is 0 Å². The number of hydrogen-bond donors (Lipinski definition) is 0. The van der Waals surface area contributed by atoms with Crippen LogP contribution in [0.5, 0.6) is 0 Å². The highest BCUT2D eigenvalue weighted by atomic mass is 14.4. The monoisotopic (exact) mass is 226 g/mol. The molecule has 0 unspecified atom stereocenters. The SMILES string of the molecule is CC(C)[C@H](C(C#N)C#N)[C@H](C)c1ccccc1. The van der Waals surface area contributed by atoms with E-state index in [1.54, 1.807) is 0 Å². The van der Waals surface area contributed by atoms with Gasteiger partial charge in [0.15, 0.2) is 0 Å². The molecule has 2 nitrogen and oxygen atoms in total. The third kappa shape index (κ3) is 3.08. The lowest BCUT2D eigenvalue weighted by molar-refractivity contribution is 0.295. The van der Waals surface area contributed by atoms with Crippen molar-refractivity contribution in [3.05, 3.63) is 35.9 Å². The number of nitrogens with zero attached hydrogens (tertiary/aromatic N) is 2. The Morgan fingerprint density at radius 3 is 1.88 bits per heavy atom. The number of nitriles is 2. The van der Waals surface area contributed by atoms with Crippen molar-refractivity contribution in [1.82, 2.24) is 0 Å². The maximum atomic E-state index is 9.07. The zero-order valence-electron chi connectivity index (χ0n) is 10.6. The fraction of sp³-hybridized carbons (Fsp3) is 0.467. The molecular weight excluding hydrogens is 208 g/mol. The van der Waals surface area contributed by atoms with Gasteiger partial charge in [0.25, 0.3) is 0 Å². The van der Waals surface area contributed by atoms with E-state index in [9.17, 15) is 0 Å². The average Bonchev–Trinajstić information content (AvgIpc) is 2.35. The molecule has 17 heavy (non-hydrogen) atoms. The minimum atomic E-state index is -0.537. The maximum Gasteiger partial charge on any atom is 0.136 e. The largest absolute Gasteiger partial charge is 0.197 e. The van der Waals surface area contributed by atoms with Crippen LogP contribution in [0.4, 0.5) is 0 Å². The molecule has 0 aliphatic rings. The van der Waals surface area contributed by atoms with Gasteiger partial charge in [0.05, 0.1) is 12.1 Å². The third-order valence-corrected chi connectivity index (χ3v) is 3.34. The Balaban J connectivity index is 3.02. The Morgan fingerprint density at radius 1 is 0.941 bits per heavy atom. The lowest BCUT2D eigenvalue weighted by Crippen LogP contribution is -2.24. The summed E-state index contributed by atoms with van der Waals surface area (Å²) in [4.78, 5) is 0. The van der Waals surface area contributed by atoms with Gasteiger partial charge in [0, 0.05) is 0 Å². The Kier molecular flexibility index (Phi) is 4.73. The fourth-order valence-electron chi connectivity index (χ4n) is 2.43. The van der Waals surface area contributed by atoms with Crippen molar-refractivity contribution in [2.45, 2.75) is 26.7 Å². The summed E-state index contributed by atoms with van der Waals surface area (Å²) in [6.45, 7) is 6.25. The van der Waals surface area contributed by atoms with Gasteiger partial charge < -0.3 is 0 Å². The van der Waals surface area contributed by atoms with Crippen LogP contribution in [0, 0.1) is 40.4 Å². The normalized spacial score (nSPS) is 14.1. The number of hydrogen-bond acceptors (Lipinski definition) is 2. The second kappa shape index (κ2) is 6.06. The van der Waals surface area contributed by atoms with E-state index in [0.29, 0.717) is 5.92 Å². The van der Waals surface area contributed by atoms with Crippen LogP contribution in [0.15, 0.2) is 30.3 Å². The van der Waals surface area contributed by atoms with E-state index in [2.05, 4.69) is 45.0 Å². The summed E-state index contributed by atoms with van der Waals surface area (Å²) < 4.78 is 0. The summed E-state index contributed by atoms with van der Waals surface area (Å²) in [5.41, 5.74) is 1.20. The molecule has 0 bridgehead atoms. The predicted molar refractivity (Wildman–Crippen MR) is 67.9 cm³/mol. The molecular formula is C15H18N2. The molecule has 0 saturated heterocycles. The molecule has 0 radical (unpaired) electrons. The summed E-state index contributed by atoms with van der Waals surface area (Å²) in [6.07, 6.45) is 0. The van der Waals surface area contributed by atoms with Gasteiger partial charge in [-0.15, -0.1) is 0 Å². The highest BCUT2D eigenvalue weighted by Gasteiger charge is 2.30. The molecule has 1 aromatic rings. The molecule has 0 aliphatic heterocycles. The standard InChI is InChI=1S/C15H18N2/c1-11(2)15(14(9-16)10-17)12(3)13-7-5-4-6-8-13/h4-8,11-12,14-15H,1-3H3/t12-,15+/m1/s1. The van der Waals surface area contributed by atoms with Crippen molar-refractivity contribution in [3.63, 3.8) is 0 Å². The van der Waals surface area contributed by atoms with Crippen molar-refractivity contribution < 1.29 is 0 Å². The minimum Gasteiger partial charge on any atom is -0.197 e. The highest BCUT2D eigenvalue weighted by Crippen LogP contribution is 2.35. The van der Waals surface area contributed by atoms with Gasteiger partial charge in [-0.25, -0.2) is 0 Å². The van der Waals surface area contributed by atoms with Crippen LogP contribution in [0.3, 0.4) is 0 Å². The second-order valence-electron chi connectivity index (χ2n) is 4.76. The maximum absolute atomic E-state index is 9.07. The third-order valence-electron chi connectivity index (χ3n) is 3.34. The van der Waals surface area contributed by atoms with Gasteiger partial charge in [-0.05, 0) is 23.3 Å². The van der Waals surface area contributed by atoms with Crippen LogP contribution in [-0.2, 0) is 0 Å². The van der Waals surface area contributed by atoms with Crippen molar-refractivity contribution in [2.24, 2.45) is 17.8 Å². The first kappa shape index (κ1) is 13.3. The zero-order chi connectivity index (χ0) is 12.8. The summed E-state index contributed by atoms with van der Waals surface area (Å²) in [6, 6.07) is 14.3. The summed E-state index contributed by atoms with van der Waals surface area (Å²) >= 11 is 0. The lowest BCUT2D eigenvalue weighted by Gasteiger charge is -2.28. The molecule has 0 fully saturated rings. The molecule has 1 aromatic carbocycles. The average molecular weight is 226 g/mol. The van der Waals surface area contributed by atoms with E-state index in [-0.39, 0.29) is 11.8 Å². The number of benzene rings is 1. The van der Waals surface area contributed by atoms with Crippen molar-refractivity contribution in [1.29, 1.82) is 10.5 Å². The van der Waals surface area contributed by atoms with Gasteiger partial charge in [0.1, 0.15) is 5.92 Å². The molecule has 2 atom stereocenters. The van der Waals surface area contributed by atoms with Gasteiger partial charge in [-0.2, -0.15) is 10.5 Å². The molecule has 0 N–H and O–H groups in total. The van der Waals surface area contributed by atoms with Gasteiger partial charge >= 0.3 is 0 Å². The molecule has 0 aromatic heterocycles. The first-order chi connectivity index (χ1) is 8.11. The van der Waals surface area contributed by atoms with Crippen molar-refractivity contribution in [2.75, 3.05) is 0 Å². The van der Waals surface area contributed by atoms with E-state index in [1.165, 1.54) is 5.56 Å². The summed E-state index contributed by atoms with van der Waals surface area (Å²) in [5.74, 6) is 0.0765. The van der Waals surface area contributed by atoms with E-state index in [0.717, 1.165) is 0 Å². The Labute approximate surface area is 104 Å². The minimum absolute atomic E-state index is 0.0763. The fourth-order valence-corrected chi connectivity index (χ4v) is 2.43. The van der Waals surface area contributed by atoms with Crippen LogP contribution in [0.2, 0.25) is 0 Å². The lowest BCUT2D eigenvalue weighted by atomic mass is 9.73. The van der Waals surface area contributed by atoms with Crippen LogP contribution >= 0.6 is 0 Å². The van der Waals surface area contributed by atoms with E-state index in [1.807, 2.05) is 18.2 Å². The zero-order valence-corrected chi connectivity index (χ0v) is 10.6. The van der Waals surface area contributed by atoms with Crippen molar-refractivity contribution in [3.8, 4) is 12.1 Å². The molecule has 88 valence electrons. The van der Waals surface area contributed by atoms with Crippen LogP contribution in [-0.4, -0.2) is 0 Å². The van der Waals surface area contributed by atoms with Crippen LogP contribution in [0.25, 0.3) is 0 Å². The quantitative estimate of drug-likeness (QED) is 0.785. The van der Waals surface area contributed by atoms with Crippen LogP contribution < -0.4 is 0 Å². The smallest absolute Gasteiger partial charge is 0.136 e. The van der Waals surface area contributed by atoms with Gasteiger partial charge in [0.2, 0.25) is 0 Å².